The first-order chi connectivity index (χ1) is 15.2. The van der Waals surface area contributed by atoms with Crippen molar-refractivity contribution in [3.05, 3.63) is 35.4 Å². The minimum absolute atomic E-state index is 0.00514. The zero-order chi connectivity index (χ0) is 23.2. The second-order valence-electron chi connectivity index (χ2n) is 9.78. The van der Waals surface area contributed by atoms with Crippen LogP contribution in [0.2, 0.25) is 0 Å². The molecule has 3 aliphatic rings. The molecular weight excluding hydrogens is 424 g/mol. The van der Waals surface area contributed by atoms with Crippen molar-refractivity contribution >= 4 is 29.5 Å². The number of thioether (sulfide) groups is 1. The maximum atomic E-state index is 13.7. The van der Waals surface area contributed by atoms with Crippen molar-refractivity contribution in [2.45, 2.75) is 56.3 Å². The van der Waals surface area contributed by atoms with Gasteiger partial charge in [-0.1, -0.05) is 38.5 Å². The van der Waals surface area contributed by atoms with Gasteiger partial charge in [0.15, 0.2) is 0 Å². The Morgan fingerprint density at radius 1 is 1.19 bits per heavy atom. The number of carbonyl (C=O) groups excluding carboxylic acids is 3. The van der Waals surface area contributed by atoms with E-state index in [1.54, 1.807) is 16.7 Å². The number of benzene rings is 1. The number of piperazine rings is 1. The van der Waals surface area contributed by atoms with Crippen LogP contribution in [0, 0.1) is 5.92 Å². The molecule has 3 amide bonds. The summed E-state index contributed by atoms with van der Waals surface area (Å²) in [6.07, 6.45) is 0.782. The summed E-state index contributed by atoms with van der Waals surface area (Å²) >= 11 is 1.64. The van der Waals surface area contributed by atoms with Crippen LogP contribution in [0.25, 0.3) is 0 Å². The van der Waals surface area contributed by atoms with Crippen LogP contribution in [-0.4, -0.2) is 82.5 Å². The Kier molecular flexibility index (Phi) is 6.29. The van der Waals surface area contributed by atoms with E-state index in [4.69, 9.17) is 0 Å². The lowest BCUT2D eigenvalue weighted by Crippen LogP contribution is -2.60. The fraction of sp³-hybridized carbons (Fsp3) is 0.625. The van der Waals surface area contributed by atoms with E-state index in [0.717, 1.165) is 25.1 Å². The summed E-state index contributed by atoms with van der Waals surface area (Å²) in [6, 6.07) is 6.37. The van der Waals surface area contributed by atoms with E-state index < -0.39 is 16.8 Å². The quantitative estimate of drug-likeness (QED) is 0.733. The minimum Gasteiger partial charge on any atom is -0.342 e. The van der Waals surface area contributed by atoms with Gasteiger partial charge in [-0.2, -0.15) is 0 Å². The van der Waals surface area contributed by atoms with Crippen LogP contribution in [0.1, 0.15) is 55.4 Å². The molecule has 3 heterocycles. The molecular formula is C24H34N4O3S. The summed E-state index contributed by atoms with van der Waals surface area (Å²) in [5.74, 6) is -0.351. The zero-order valence-electron chi connectivity index (χ0n) is 19.6. The van der Waals surface area contributed by atoms with E-state index in [-0.39, 0.29) is 29.0 Å². The highest BCUT2D eigenvalue weighted by Gasteiger charge is 2.57. The summed E-state index contributed by atoms with van der Waals surface area (Å²) in [6.45, 7) is 11.1. The molecule has 2 saturated heterocycles. The lowest BCUT2D eigenvalue weighted by Gasteiger charge is -2.37. The van der Waals surface area contributed by atoms with Gasteiger partial charge in [-0.3, -0.25) is 14.4 Å². The SMILES string of the molecule is CCC(C)C(NC(=O)C1N2C(=O)c3ccccc3C2SC1(C)C)C(=O)N1CCN(C)CC1. The van der Waals surface area contributed by atoms with Crippen LogP contribution in [0.15, 0.2) is 24.3 Å². The van der Waals surface area contributed by atoms with Gasteiger partial charge in [0.2, 0.25) is 11.8 Å². The molecule has 1 N–H and O–H groups in total. The Bertz CT molecular complexity index is 912. The van der Waals surface area contributed by atoms with E-state index in [0.29, 0.717) is 18.7 Å². The molecule has 1 aromatic carbocycles. The third kappa shape index (κ3) is 3.92. The molecule has 0 aliphatic carbocycles. The van der Waals surface area contributed by atoms with Gasteiger partial charge in [-0.15, -0.1) is 11.8 Å². The highest BCUT2D eigenvalue weighted by atomic mass is 32.2. The standard InChI is InChI=1S/C24H34N4O3S/c1-6-15(2)18(22(31)27-13-11-26(5)12-14-27)25-20(29)19-24(3,4)32-23-17-10-8-7-9-16(17)21(30)28(19)23/h7-10,15,18-19,23H,6,11-14H2,1-5H3,(H,25,29). The first-order valence-electron chi connectivity index (χ1n) is 11.5. The van der Waals surface area contributed by atoms with Crippen molar-refractivity contribution in [2.75, 3.05) is 33.2 Å². The Balaban J connectivity index is 1.56. The average Bonchev–Trinajstić information content (AvgIpc) is 3.20. The normalized spacial score (nSPS) is 26.5. The highest BCUT2D eigenvalue weighted by Crippen LogP contribution is 2.56. The van der Waals surface area contributed by atoms with Gasteiger partial charge < -0.3 is 20.0 Å². The van der Waals surface area contributed by atoms with E-state index >= 15 is 0 Å². The van der Waals surface area contributed by atoms with E-state index in [9.17, 15) is 14.4 Å². The van der Waals surface area contributed by atoms with Crippen LogP contribution in [-0.2, 0) is 9.59 Å². The lowest BCUT2D eigenvalue weighted by atomic mass is 9.95. The first-order valence-corrected chi connectivity index (χ1v) is 12.4. The van der Waals surface area contributed by atoms with Gasteiger partial charge in [-0.05, 0) is 38.4 Å². The number of hydrogen-bond donors (Lipinski definition) is 1. The molecule has 0 aromatic heterocycles. The molecule has 4 atom stereocenters. The van der Waals surface area contributed by atoms with Crippen LogP contribution in [0.4, 0.5) is 0 Å². The van der Waals surface area contributed by atoms with Crippen LogP contribution >= 0.6 is 11.8 Å². The molecule has 7 nitrogen and oxygen atoms in total. The number of fused-ring (bicyclic) bond motifs is 3. The largest absolute Gasteiger partial charge is 0.342 e. The third-order valence-corrected chi connectivity index (χ3v) is 8.67. The van der Waals surface area contributed by atoms with Gasteiger partial charge in [0, 0.05) is 36.5 Å². The number of nitrogens with zero attached hydrogens (tertiary/aromatic N) is 3. The van der Waals surface area contributed by atoms with Crippen molar-refractivity contribution in [1.29, 1.82) is 0 Å². The summed E-state index contributed by atoms with van der Waals surface area (Å²) in [5, 5.41) is 2.92. The minimum atomic E-state index is -0.635. The van der Waals surface area contributed by atoms with Gasteiger partial charge in [0.1, 0.15) is 17.5 Å². The first kappa shape index (κ1) is 23.1. The van der Waals surface area contributed by atoms with Gasteiger partial charge >= 0.3 is 0 Å². The number of nitrogens with one attached hydrogen (secondary N) is 1. The van der Waals surface area contributed by atoms with E-state index in [1.165, 1.54) is 0 Å². The molecule has 0 spiro atoms. The summed E-state index contributed by atoms with van der Waals surface area (Å²) in [4.78, 5) is 46.1. The molecule has 0 saturated carbocycles. The summed E-state index contributed by atoms with van der Waals surface area (Å²) < 4.78 is -0.463. The van der Waals surface area contributed by atoms with Crippen molar-refractivity contribution in [1.82, 2.24) is 20.0 Å². The number of hydrogen-bond acceptors (Lipinski definition) is 5. The van der Waals surface area contributed by atoms with Crippen molar-refractivity contribution in [3.8, 4) is 0 Å². The fourth-order valence-corrected chi connectivity index (χ4v) is 6.53. The van der Waals surface area contributed by atoms with Crippen molar-refractivity contribution in [3.63, 3.8) is 0 Å². The lowest BCUT2D eigenvalue weighted by molar-refractivity contribution is -0.140. The number of amides is 3. The van der Waals surface area contributed by atoms with E-state index in [2.05, 4.69) is 17.3 Å². The average molecular weight is 459 g/mol. The van der Waals surface area contributed by atoms with Crippen LogP contribution in [0.3, 0.4) is 0 Å². The maximum Gasteiger partial charge on any atom is 0.256 e. The number of rotatable bonds is 5. The Morgan fingerprint density at radius 2 is 1.84 bits per heavy atom. The van der Waals surface area contributed by atoms with Crippen LogP contribution < -0.4 is 5.32 Å². The second kappa shape index (κ2) is 8.71. The van der Waals surface area contributed by atoms with Gasteiger partial charge in [0.25, 0.3) is 5.91 Å². The van der Waals surface area contributed by atoms with Gasteiger partial charge in [-0.25, -0.2) is 0 Å². The molecule has 32 heavy (non-hydrogen) atoms. The summed E-state index contributed by atoms with van der Waals surface area (Å²) in [5.41, 5.74) is 1.64. The van der Waals surface area contributed by atoms with E-state index in [1.807, 2.05) is 56.9 Å². The van der Waals surface area contributed by atoms with Crippen molar-refractivity contribution in [2.24, 2.45) is 5.92 Å². The molecule has 0 bridgehead atoms. The van der Waals surface area contributed by atoms with Gasteiger partial charge in [0.05, 0.1) is 0 Å². The predicted octanol–water partition coefficient (Wildman–Crippen LogP) is 2.34. The molecule has 2 fully saturated rings. The number of likely N-dealkylation sites (N-methyl/N-ethyl adjacent to an activating group) is 1. The monoisotopic (exact) mass is 458 g/mol. The zero-order valence-corrected chi connectivity index (χ0v) is 20.4. The fourth-order valence-electron chi connectivity index (χ4n) is 4.94. The molecule has 0 radical (unpaired) electrons. The molecule has 4 unspecified atom stereocenters. The van der Waals surface area contributed by atoms with Crippen LogP contribution in [0.5, 0.6) is 0 Å². The topological polar surface area (TPSA) is 73.0 Å². The maximum absolute atomic E-state index is 13.7. The highest BCUT2D eigenvalue weighted by molar-refractivity contribution is 8.01. The second-order valence-corrected chi connectivity index (χ2v) is 11.5. The Labute approximate surface area is 194 Å². The molecule has 3 aliphatic heterocycles. The molecule has 4 rings (SSSR count). The number of carbonyl (C=O) groups is 3. The Morgan fingerprint density at radius 3 is 2.50 bits per heavy atom. The van der Waals surface area contributed by atoms with Crippen molar-refractivity contribution < 1.29 is 14.4 Å². The molecule has 8 heteroatoms. The molecule has 174 valence electrons. The third-order valence-electron chi connectivity index (χ3n) is 7.14. The summed E-state index contributed by atoms with van der Waals surface area (Å²) in [7, 11) is 2.05. The Hall–Kier alpha value is -2.06. The predicted molar refractivity (Wildman–Crippen MR) is 126 cm³/mol. The smallest absolute Gasteiger partial charge is 0.256 e. The molecule has 1 aromatic rings.